The summed E-state index contributed by atoms with van der Waals surface area (Å²) < 4.78 is 11.9. The van der Waals surface area contributed by atoms with Gasteiger partial charge in [0.1, 0.15) is 0 Å². The molecule has 0 spiro atoms. The lowest BCUT2D eigenvalue weighted by atomic mass is 10.0. The van der Waals surface area contributed by atoms with Crippen LogP contribution >= 0.6 is 0 Å². The van der Waals surface area contributed by atoms with Crippen molar-refractivity contribution >= 4 is 0 Å². The summed E-state index contributed by atoms with van der Waals surface area (Å²) in [7, 11) is 0. The predicted molar refractivity (Wildman–Crippen MR) is 68.7 cm³/mol. The van der Waals surface area contributed by atoms with Gasteiger partial charge in [-0.05, 0) is 45.6 Å². The van der Waals surface area contributed by atoms with E-state index in [0.29, 0.717) is 0 Å². The van der Waals surface area contributed by atoms with E-state index in [1.807, 2.05) is 6.07 Å². The molecule has 17 heavy (non-hydrogen) atoms. The Kier molecular flexibility index (Phi) is 3.85. The van der Waals surface area contributed by atoms with Crippen molar-refractivity contribution in [3.63, 3.8) is 0 Å². The van der Waals surface area contributed by atoms with Crippen LogP contribution in [-0.4, -0.2) is 11.9 Å². The Morgan fingerprint density at radius 3 is 2.47 bits per heavy atom. The minimum absolute atomic E-state index is 0.0612. The summed E-state index contributed by atoms with van der Waals surface area (Å²) in [4.78, 5) is 0. The fraction of sp³-hybridized carbons (Fsp3) is 0.600. The van der Waals surface area contributed by atoms with E-state index in [9.17, 15) is 0 Å². The van der Waals surface area contributed by atoms with Gasteiger partial charge in [0.05, 0.1) is 11.7 Å². The second-order valence-electron chi connectivity index (χ2n) is 5.63. The van der Waals surface area contributed by atoms with Crippen molar-refractivity contribution in [2.24, 2.45) is 0 Å². The van der Waals surface area contributed by atoms with Crippen molar-refractivity contribution in [1.29, 1.82) is 0 Å². The van der Waals surface area contributed by atoms with Gasteiger partial charge in [-0.25, -0.2) is 0 Å². The molecule has 0 amide bonds. The zero-order valence-corrected chi connectivity index (χ0v) is 11.0. The van der Waals surface area contributed by atoms with Crippen molar-refractivity contribution in [2.75, 3.05) is 0 Å². The van der Waals surface area contributed by atoms with Gasteiger partial charge in [0.15, 0.2) is 6.29 Å². The average Bonchev–Trinajstić information content (AvgIpc) is 2.28. The first-order valence-corrected chi connectivity index (χ1v) is 6.43. The smallest absolute Gasteiger partial charge is 0.159 e. The normalized spacial score (nSPS) is 25.8. The summed E-state index contributed by atoms with van der Waals surface area (Å²) in [5, 5.41) is 0. The highest BCUT2D eigenvalue weighted by atomic mass is 16.7. The first-order chi connectivity index (χ1) is 8.04. The molecule has 2 atom stereocenters. The molecular weight excluding hydrogens is 212 g/mol. The molecule has 0 saturated carbocycles. The molecule has 1 saturated heterocycles. The maximum atomic E-state index is 6.03. The standard InChI is InChI=1S/C15H22O2/c1-15(2,3)17-14-11-7-10-13(16-14)12-8-5-4-6-9-12/h4-6,8-9,13-14H,7,10-11H2,1-3H3/t13-,14-/m1/s1. The number of ether oxygens (including phenoxy) is 2. The minimum Gasteiger partial charge on any atom is -0.347 e. The zero-order valence-electron chi connectivity index (χ0n) is 11.0. The molecule has 1 aliphatic heterocycles. The van der Waals surface area contributed by atoms with Crippen LogP contribution in [0.2, 0.25) is 0 Å². The highest BCUT2D eigenvalue weighted by molar-refractivity contribution is 5.17. The summed E-state index contributed by atoms with van der Waals surface area (Å²) >= 11 is 0. The van der Waals surface area contributed by atoms with Gasteiger partial charge in [-0.2, -0.15) is 0 Å². The lowest BCUT2D eigenvalue weighted by molar-refractivity contribution is -0.235. The molecule has 0 unspecified atom stereocenters. The number of benzene rings is 1. The highest BCUT2D eigenvalue weighted by Gasteiger charge is 2.27. The van der Waals surface area contributed by atoms with Gasteiger partial charge in [-0.15, -0.1) is 0 Å². The Morgan fingerprint density at radius 2 is 1.82 bits per heavy atom. The van der Waals surface area contributed by atoms with Gasteiger partial charge >= 0.3 is 0 Å². The molecule has 1 aliphatic rings. The fourth-order valence-electron chi connectivity index (χ4n) is 2.18. The van der Waals surface area contributed by atoms with Gasteiger partial charge in [0, 0.05) is 0 Å². The largest absolute Gasteiger partial charge is 0.347 e. The molecule has 1 aromatic rings. The van der Waals surface area contributed by atoms with Crippen LogP contribution in [0.15, 0.2) is 30.3 Å². The van der Waals surface area contributed by atoms with Crippen LogP contribution in [0.1, 0.15) is 51.7 Å². The molecule has 2 rings (SSSR count). The van der Waals surface area contributed by atoms with E-state index in [1.54, 1.807) is 0 Å². The Hall–Kier alpha value is -0.860. The molecular formula is C15H22O2. The van der Waals surface area contributed by atoms with Crippen LogP contribution in [0.25, 0.3) is 0 Å². The van der Waals surface area contributed by atoms with Crippen LogP contribution in [0.3, 0.4) is 0 Å². The van der Waals surface area contributed by atoms with E-state index < -0.39 is 0 Å². The van der Waals surface area contributed by atoms with Gasteiger partial charge in [0.25, 0.3) is 0 Å². The predicted octanol–water partition coefficient (Wildman–Crippen LogP) is 4.07. The third kappa shape index (κ3) is 3.83. The third-order valence-electron chi connectivity index (χ3n) is 2.88. The quantitative estimate of drug-likeness (QED) is 0.768. The molecule has 0 radical (unpaired) electrons. The third-order valence-corrected chi connectivity index (χ3v) is 2.88. The maximum absolute atomic E-state index is 6.03. The number of rotatable bonds is 2. The summed E-state index contributed by atoms with van der Waals surface area (Å²) in [6, 6.07) is 10.4. The first-order valence-electron chi connectivity index (χ1n) is 6.43. The van der Waals surface area contributed by atoms with Crippen LogP contribution in [0, 0.1) is 0 Å². The van der Waals surface area contributed by atoms with E-state index in [1.165, 1.54) is 12.0 Å². The van der Waals surface area contributed by atoms with Crippen molar-refractivity contribution in [2.45, 2.75) is 58.0 Å². The van der Waals surface area contributed by atoms with Gasteiger partial charge in [0.2, 0.25) is 0 Å². The summed E-state index contributed by atoms with van der Waals surface area (Å²) in [5.74, 6) is 0. The van der Waals surface area contributed by atoms with Crippen molar-refractivity contribution in [3.05, 3.63) is 35.9 Å². The SMILES string of the molecule is CC(C)(C)O[C@@H]1CCC[C@H](c2ccccc2)O1. The van der Waals surface area contributed by atoms with E-state index in [2.05, 4.69) is 45.0 Å². The van der Waals surface area contributed by atoms with Crippen LogP contribution < -0.4 is 0 Å². The Labute approximate surface area is 104 Å². The molecule has 1 heterocycles. The van der Waals surface area contributed by atoms with E-state index in [-0.39, 0.29) is 18.0 Å². The molecule has 1 aromatic carbocycles. The van der Waals surface area contributed by atoms with E-state index >= 15 is 0 Å². The minimum atomic E-state index is -0.136. The fourth-order valence-corrected chi connectivity index (χ4v) is 2.18. The van der Waals surface area contributed by atoms with E-state index in [0.717, 1.165) is 12.8 Å². The maximum Gasteiger partial charge on any atom is 0.159 e. The Morgan fingerprint density at radius 1 is 1.12 bits per heavy atom. The average molecular weight is 234 g/mol. The van der Waals surface area contributed by atoms with Crippen LogP contribution in [0.4, 0.5) is 0 Å². The summed E-state index contributed by atoms with van der Waals surface area (Å²) in [5.41, 5.74) is 1.12. The molecule has 94 valence electrons. The molecule has 2 nitrogen and oxygen atoms in total. The first kappa shape index (κ1) is 12.6. The van der Waals surface area contributed by atoms with Crippen molar-refractivity contribution in [3.8, 4) is 0 Å². The molecule has 0 aliphatic carbocycles. The zero-order chi connectivity index (χ0) is 12.3. The molecule has 2 heteroatoms. The van der Waals surface area contributed by atoms with Crippen molar-refractivity contribution in [1.82, 2.24) is 0 Å². The highest BCUT2D eigenvalue weighted by Crippen LogP contribution is 2.32. The molecule has 0 bridgehead atoms. The second kappa shape index (κ2) is 5.19. The van der Waals surface area contributed by atoms with Crippen molar-refractivity contribution < 1.29 is 9.47 Å². The van der Waals surface area contributed by atoms with E-state index in [4.69, 9.17) is 9.47 Å². The molecule has 0 aromatic heterocycles. The van der Waals surface area contributed by atoms with Gasteiger partial charge in [-0.3, -0.25) is 0 Å². The monoisotopic (exact) mass is 234 g/mol. The molecule has 1 fully saturated rings. The summed E-state index contributed by atoms with van der Waals surface area (Å²) in [6.45, 7) is 6.22. The van der Waals surface area contributed by atoms with Gasteiger partial charge in [-0.1, -0.05) is 30.3 Å². The number of hydrogen-bond donors (Lipinski definition) is 0. The molecule has 0 N–H and O–H groups in total. The Bertz CT molecular complexity index is 340. The lowest BCUT2D eigenvalue weighted by Gasteiger charge is -2.34. The second-order valence-corrected chi connectivity index (χ2v) is 5.63. The van der Waals surface area contributed by atoms with Crippen LogP contribution in [0.5, 0.6) is 0 Å². The lowest BCUT2D eigenvalue weighted by Crippen LogP contribution is -2.32. The summed E-state index contributed by atoms with van der Waals surface area (Å²) in [6.07, 6.45) is 3.39. The van der Waals surface area contributed by atoms with Crippen LogP contribution in [-0.2, 0) is 9.47 Å². The van der Waals surface area contributed by atoms with Gasteiger partial charge < -0.3 is 9.47 Å². The number of hydrogen-bond acceptors (Lipinski definition) is 2. The topological polar surface area (TPSA) is 18.5 Å². The Balaban J connectivity index is 1.98.